The molecule has 0 amide bonds. The van der Waals surface area contributed by atoms with Gasteiger partial charge in [-0.3, -0.25) is 9.80 Å². The van der Waals surface area contributed by atoms with Crippen LogP contribution in [0, 0.1) is 24.3 Å². The molecule has 57 heavy (non-hydrogen) atoms. The SMILES string of the molecule is CN1COc2cc[c-]cc2C1.CN1COc2cc[c-]cc2C1.[Y].[Y].[c-]1ccc2c(c1)CN(c1ccc(Cc3ccc(N4COc5cc[c-]cc5C4)cc3)cc1)CO2. The van der Waals surface area contributed by atoms with E-state index in [1.165, 1.54) is 44.8 Å². The minimum Gasteiger partial charge on any atom is -0.503 e. The first-order valence-electron chi connectivity index (χ1n) is 18.6. The third-order valence-corrected chi connectivity index (χ3v) is 9.87. The predicted octanol–water partition coefficient (Wildman–Crippen LogP) is 8.12. The summed E-state index contributed by atoms with van der Waals surface area (Å²) in [6.45, 7) is 6.14. The van der Waals surface area contributed by atoms with Crippen LogP contribution in [-0.2, 0) is 98.0 Å². The number of rotatable bonds is 4. The summed E-state index contributed by atoms with van der Waals surface area (Å²) in [6, 6.07) is 53.3. The van der Waals surface area contributed by atoms with Gasteiger partial charge in [-0.1, -0.05) is 35.4 Å². The molecular weight excluding hydrogens is 862 g/mol. The molecule has 4 heterocycles. The number of anilines is 2. The summed E-state index contributed by atoms with van der Waals surface area (Å²) in [5.41, 5.74) is 9.73. The van der Waals surface area contributed by atoms with Crippen LogP contribution in [0.5, 0.6) is 23.0 Å². The third-order valence-electron chi connectivity index (χ3n) is 9.87. The molecule has 0 saturated carbocycles. The van der Waals surface area contributed by atoms with Crippen LogP contribution in [0.15, 0.2) is 121 Å². The van der Waals surface area contributed by atoms with Crippen LogP contribution in [0.4, 0.5) is 11.4 Å². The van der Waals surface area contributed by atoms with E-state index in [4.69, 9.17) is 18.9 Å². The van der Waals surface area contributed by atoms with Gasteiger partial charge in [-0.05, 0) is 69.0 Å². The number of fused-ring (bicyclic) bond motifs is 4. The van der Waals surface area contributed by atoms with Crippen LogP contribution in [0.25, 0.3) is 0 Å². The monoisotopic (exact) mass is 906 g/mol. The second-order valence-corrected chi connectivity index (χ2v) is 14.2. The van der Waals surface area contributed by atoms with E-state index < -0.39 is 0 Å². The number of hydrogen-bond donors (Lipinski definition) is 0. The Morgan fingerprint density at radius 2 is 0.737 bits per heavy atom. The second-order valence-electron chi connectivity index (χ2n) is 14.2. The average Bonchev–Trinajstić information content (AvgIpc) is 3.24. The second kappa shape index (κ2) is 20.8. The molecule has 0 aromatic heterocycles. The number of ether oxygens (including phenoxy) is 4. The van der Waals surface area contributed by atoms with Gasteiger partial charge in [-0.15, -0.1) is 35.4 Å². The van der Waals surface area contributed by atoms with Crippen LogP contribution in [0.1, 0.15) is 33.4 Å². The summed E-state index contributed by atoms with van der Waals surface area (Å²) in [5, 5.41) is 0. The van der Waals surface area contributed by atoms with Crippen molar-refractivity contribution in [2.45, 2.75) is 32.6 Å². The summed E-state index contributed by atoms with van der Waals surface area (Å²) in [6.07, 6.45) is 0.906. The van der Waals surface area contributed by atoms with Crippen LogP contribution < -0.4 is 28.7 Å². The third kappa shape index (κ3) is 11.3. The van der Waals surface area contributed by atoms with E-state index in [9.17, 15) is 0 Å². The van der Waals surface area contributed by atoms with Gasteiger partial charge < -0.3 is 28.7 Å². The first-order valence-corrected chi connectivity index (χ1v) is 18.6. The molecule has 6 aromatic carbocycles. The van der Waals surface area contributed by atoms with Crippen molar-refractivity contribution in [3.63, 3.8) is 0 Å². The molecule has 8 nitrogen and oxygen atoms in total. The summed E-state index contributed by atoms with van der Waals surface area (Å²) in [4.78, 5) is 8.73. The van der Waals surface area contributed by atoms with Gasteiger partial charge in [0.2, 0.25) is 0 Å². The summed E-state index contributed by atoms with van der Waals surface area (Å²) >= 11 is 0. The van der Waals surface area contributed by atoms with Crippen molar-refractivity contribution in [1.29, 1.82) is 0 Å². The van der Waals surface area contributed by atoms with Crippen molar-refractivity contribution in [1.82, 2.24) is 9.80 Å². The minimum absolute atomic E-state index is 0. The summed E-state index contributed by atoms with van der Waals surface area (Å²) in [7, 11) is 4.08. The van der Waals surface area contributed by atoms with Gasteiger partial charge in [0, 0.05) is 113 Å². The molecule has 0 N–H and O–H groups in total. The van der Waals surface area contributed by atoms with Gasteiger partial charge >= 0.3 is 0 Å². The molecule has 0 saturated heterocycles. The maximum atomic E-state index is 5.89. The molecular formula is C47H44N4O4Y2-4. The molecule has 6 aromatic rings. The molecule has 4 aliphatic heterocycles. The minimum atomic E-state index is 0. The Kier molecular flexibility index (Phi) is 15.6. The summed E-state index contributed by atoms with van der Waals surface area (Å²) in [5.74, 6) is 3.93. The predicted molar refractivity (Wildman–Crippen MR) is 214 cm³/mol. The van der Waals surface area contributed by atoms with E-state index in [-0.39, 0.29) is 65.4 Å². The fourth-order valence-electron chi connectivity index (χ4n) is 6.91. The zero-order chi connectivity index (χ0) is 37.4. The summed E-state index contributed by atoms with van der Waals surface area (Å²) < 4.78 is 22.7. The fourth-order valence-corrected chi connectivity index (χ4v) is 6.91. The first kappa shape index (κ1) is 42.8. The van der Waals surface area contributed by atoms with E-state index in [1.54, 1.807) is 0 Å². The van der Waals surface area contributed by atoms with Crippen LogP contribution >= 0.6 is 0 Å². The van der Waals surface area contributed by atoms with Crippen LogP contribution in [0.3, 0.4) is 0 Å². The first-order chi connectivity index (χ1) is 27.0. The number of nitrogens with zero attached hydrogens (tertiary/aromatic N) is 4. The van der Waals surface area contributed by atoms with Crippen molar-refractivity contribution in [2.75, 3.05) is 50.8 Å². The van der Waals surface area contributed by atoms with E-state index in [0.29, 0.717) is 26.9 Å². The largest absolute Gasteiger partial charge is 0.503 e. The molecule has 0 spiro atoms. The van der Waals surface area contributed by atoms with Gasteiger partial charge in [-0.2, -0.15) is 72.8 Å². The maximum absolute atomic E-state index is 5.89. The molecule has 10 rings (SSSR count). The van der Waals surface area contributed by atoms with Gasteiger partial charge in [-0.25, -0.2) is 0 Å². The number of hydrogen-bond acceptors (Lipinski definition) is 8. The smallest absolute Gasteiger partial charge is 0.157 e. The van der Waals surface area contributed by atoms with E-state index in [1.807, 2.05) is 86.9 Å². The normalized spacial score (nSPS) is 15.1. The van der Waals surface area contributed by atoms with Crippen molar-refractivity contribution < 1.29 is 84.4 Å². The van der Waals surface area contributed by atoms with Gasteiger partial charge in [0.15, 0.2) is 13.5 Å². The zero-order valence-corrected chi connectivity index (χ0v) is 38.2. The van der Waals surface area contributed by atoms with Gasteiger partial charge in [0.1, 0.15) is 13.5 Å². The molecule has 0 atom stereocenters. The molecule has 286 valence electrons. The van der Waals surface area contributed by atoms with Crippen molar-refractivity contribution in [2.24, 2.45) is 0 Å². The molecule has 0 bridgehead atoms. The topological polar surface area (TPSA) is 49.9 Å². The Labute approximate surface area is 387 Å². The van der Waals surface area contributed by atoms with Gasteiger partial charge in [0.25, 0.3) is 0 Å². The van der Waals surface area contributed by atoms with E-state index in [2.05, 4.69) is 92.4 Å². The zero-order valence-electron chi connectivity index (χ0n) is 32.5. The Hall–Kier alpha value is -3.75. The quantitative estimate of drug-likeness (QED) is 0.165. The number of benzene rings is 6. The molecule has 2 radical (unpaired) electrons. The standard InChI is InChI=1S/C29H24N2O2.2C9H10NO.2Y/c1-3-7-28-24(5-1)18-30(20-32-28)26-13-9-22(10-14-26)17-23-11-15-27(16-12-23)31-19-25-6-2-4-8-29(25)33-21-31;2*1-10-6-8-4-2-3-5-9(8)11-7-10;;/h3-16H,17-21H2;2*3-5H,6-7H2,1H3;;/q-2;2*-1;;. The average molecular weight is 907 g/mol. The molecule has 10 heteroatoms. The molecule has 0 aliphatic carbocycles. The Bertz CT molecular complexity index is 2030. The fraction of sp³-hybridized carbons (Fsp3) is 0.234. The van der Waals surface area contributed by atoms with E-state index >= 15 is 0 Å². The molecule has 0 unspecified atom stereocenters. The molecule has 4 aliphatic rings. The van der Waals surface area contributed by atoms with Crippen molar-refractivity contribution in [3.05, 3.63) is 179 Å². The van der Waals surface area contributed by atoms with Crippen molar-refractivity contribution in [3.8, 4) is 23.0 Å². The van der Waals surface area contributed by atoms with Crippen LogP contribution in [0.2, 0.25) is 0 Å². The Balaban J connectivity index is 0.000000186. The van der Waals surface area contributed by atoms with Crippen LogP contribution in [-0.4, -0.2) is 50.8 Å². The Morgan fingerprint density at radius 3 is 1.09 bits per heavy atom. The van der Waals surface area contributed by atoms with E-state index in [0.717, 1.165) is 55.6 Å². The molecule has 0 fully saturated rings. The maximum Gasteiger partial charge on any atom is 0.157 e. The van der Waals surface area contributed by atoms with Gasteiger partial charge in [0.05, 0.1) is 0 Å². The Morgan fingerprint density at radius 1 is 0.421 bits per heavy atom. The van der Waals surface area contributed by atoms with Crippen molar-refractivity contribution >= 4 is 11.4 Å².